The fourth-order valence-corrected chi connectivity index (χ4v) is 3.90. The minimum Gasteiger partial charge on any atom is -0.354 e. The molecule has 0 fully saturated rings. The van der Waals surface area contributed by atoms with Gasteiger partial charge in [-0.2, -0.15) is 4.89 Å². The fraction of sp³-hybridized carbons (Fsp3) is 0.250. The third kappa shape index (κ3) is 6.55. The van der Waals surface area contributed by atoms with E-state index in [-0.39, 0.29) is 5.91 Å². The van der Waals surface area contributed by atoms with Crippen LogP contribution in [0.2, 0.25) is 0 Å². The number of nitrogens with one attached hydrogen (secondary N) is 2. The lowest BCUT2D eigenvalue weighted by molar-refractivity contribution is -0.188. The van der Waals surface area contributed by atoms with E-state index in [1.54, 1.807) is 0 Å². The van der Waals surface area contributed by atoms with Crippen LogP contribution in [0.4, 0.5) is 0 Å². The van der Waals surface area contributed by atoms with Crippen molar-refractivity contribution in [2.24, 2.45) is 4.99 Å². The lowest BCUT2D eigenvalue weighted by Gasteiger charge is -2.13. The van der Waals surface area contributed by atoms with Crippen molar-refractivity contribution in [2.75, 3.05) is 13.7 Å². The average Bonchev–Trinajstić information content (AvgIpc) is 3.29. The van der Waals surface area contributed by atoms with Crippen LogP contribution in [0.3, 0.4) is 0 Å². The SMILES string of the molecule is COOC=NC(C(=O)NCCCCc1nc2ccc(-c3ccc(C)cc3)cc2[nH]1)c1ccccc1. The maximum atomic E-state index is 12.7. The molecule has 0 saturated heterocycles. The van der Waals surface area contributed by atoms with E-state index in [1.165, 1.54) is 23.8 Å². The molecular weight excluding hydrogens is 440 g/mol. The first-order valence-electron chi connectivity index (χ1n) is 11.7. The fourth-order valence-electron chi connectivity index (χ4n) is 3.90. The van der Waals surface area contributed by atoms with Gasteiger partial charge in [0.25, 0.3) is 0 Å². The van der Waals surface area contributed by atoms with Crippen LogP contribution >= 0.6 is 0 Å². The number of fused-ring (bicyclic) bond motifs is 1. The zero-order valence-electron chi connectivity index (χ0n) is 20.0. The maximum absolute atomic E-state index is 12.7. The highest BCUT2D eigenvalue weighted by Crippen LogP contribution is 2.24. The molecule has 180 valence electrons. The van der Waals surface area contributed by atoms with Gasteiger partial charge in [0.05, 0.1) is 18.1 Å². The Hall–Kier alpha value is -3.97. The van der Waals surface area contributed by atoms with E-state index in [2.05, 4.69) is 69.6 Å². The van der Waals surface area contributed by atoms with Crippen molar-refractivity contribution >= 4 is 23.3 Å². The highest BCUT2D eigenvalue weighted by atomic mass is 17.2. The summed E-state index contributed by atoms with van der Waals surface area (Å²) in [6, 6.07) is 23.5. The summed E-state index contributed by atoms with van der Waals surface area (Å²) in [5.41, 5.74) is 6.39. The number of amides is 1. The van der Waals surface area contributed by atoms with Crippen molar-refractivity contribution in [3.8, 4) is 11.1 Å². The molecule has 0 spiro atoms. The Kier molecular flexibility index (Phi) is 8.25. The van der Waals surface area contributed by atoms with Crippen LogP contribution in [0.5, 0.6) is 0 Å². The molecule has 1 heterocycles. The molecule has 1 amide bonds. The zero-order valence-corrected chi connectivity index (χ0v) is 20.0. The molecular formula is C28H30N4O3. The van der Waals surface area contributed by atoms with Crippen LogP contribution in [0.25, 0.3) is 22.2 Å². The number of aromatic amines is 1. The zero-order chi connectivity index (χ0) is 24.5. The van der Waals surface area contributed by atoms with Gasteiger partial charge in [0.15, 0.2) is 6.04 Å². The number of aromatic nitrogens is 2. The van der Waals surface area contributed by atoms with Crippen molar-refractivity contribution in [3.05, 3.63) is 89.7 Å². The summed E-state index contributed by atoms with van der Waals surface area (Å²) in [5, 5.41) is 2.97. The minimum absolute atomic E-state index is 0.181. The van der Waals surface area contributed by atoms with Gasteiger partial charge < -0.3 is 15.2 Å². The quantitative estimate of drug-likeness (QED) is 0.102. The maximum Gasteiger partial charge on any atom is 0.249 e. The van der Waals surface area contributed by atoms with Gasteiger partial charge in [-0.1, -0.05) is 66.2 Å². The smallest absolute Gasteiger partial charge is 0.249 e. The first kappa shape index (κ1) is 24.2. The monoisotopic (exact) mass is 470 g/mol. The summed E-state index contributed by atoms with van der Waals surface area (Å²) < 4.78 is 0. The number of aliphatic imine (C=N–C) groups is 1. The predicted molar refractivity (Wildman–Crippen MR) is 138 cm³/mol. The molecule has 0 aliphatic rings. The number of carbonyl (C=O) groups is 1. The number of hydrogen-bond donors (Lipinski definition) is 2. The number of rotatable bonds is 11. The molecule has 4 rings (SSSR count). The largest absolute Gasteiger partial charge is 0.354 e. The summed E-state index contributed by atoms with van der Waals surface area (Å²) in [6.45, 7) is 2.65. The van der Waals surface area contributed by atoms with E-state index in [4.69, 9.17) is 9.87 Å². The Bertz CT molecular complexity index is 1270. The summed E-state index contributed by atoms with van der Waals surface area (Å²) in [6.07, 6.45) is 3.68. The van der Waals surface area contributed by atoms with Crippen LogP contribution in [-0.2, 0) is 21.0 Å². The molecule has 0 saturated carbocycles. The molecule has 0 aliphatic carbocycles. The van der Waals surface area contributed by atoms with E-state index in [9.17, 15) is 4.79 Å². The molecule has 2 N–H and O–H groups in total. The summed E-state index contributed by atoms with van der Waals surface area (Å²) in [7, 11) is 1.38. The van der Waals surface area contributed by atoms with Crippen molar-refractivity contribution in [3.63, 3.8) is 0 Å². The molecule has 7 heteroatoms. The molecule has 7 nitrogen and oxygen atoms in total. The van der Waals surface area contributed by atoms with Gasteiger partial charge in [0.1, 0.15) is 5.82 Å². The number of H-pyrrole nitrogens is 1. The highest BCUT2D eigenvalue weighted by Gasteiger charge is 2.18. The van der Waals surface area contributed by atoms with E-state index < -0.39 is 6.04 Å². The molecule has 4 aromatic rings. The first-order chi connectivity index (χ1) is 17.1. The van der Waals surface area contributed by atoms with E-state index >= 15 is 0 Å². The molecule has 0 bridgehead atoms. The van der Waals surface area contributed by atoms with Crippen LogP contribution in [0, 0.1) is 6.92 Å². The van der Waals surface area contributed by atoms with Gasteiger partial charge in [-0.05, 0) is 48.6 Å². The number of carbonyl (C=O) groups excluding carboxylic acids is 1. The third-order valence-electron chi connectivity index (χ3n) is 5.77. The first-order valence-corrected chi connectivity index (χ1v) is 11.7. The van der Waals surface area contributed by atoms with Crippen molar-refractivity contribution in [1.82, 2.24) is 15.3 Å². The van der Waals surface area contributed by atoms with E-state index in [0.717, 1.165) is 48.1 Å². The molecule has 3 aromatic carbocycles. The second-order valence-electron chi connectivity index (χ2n) is 8.36. The number of nitrogens with zero attached hydrogens (tertiary/aromatic N) is 2. The lowest BCUT2D eigenvalue weighted by Crippen LogP contribution is -2.29. The van der Waals surface area contributed by atoms with Gasteiger partial charge >= 0.3 is 0 Å². The van der Waals surface area contributed by atoms with Crippen LogP contribution in [0.1, 0.15) is 35.8 Å². The highest BCUT2D eigenvalue weighted by molar-refractivity contribution is 5.84. The second-order valence-corrected chi connectivity index (χ2v) is 8.36. The van der Waals surface area contributed by atoms with Gasteiger partial charge in [-0.3, -0.25) is 4.79 Å². The molecule has 0 aliphatic heterocycles. The van der Waals surface area contributed by atoms with Crippen molar-refractivity contribution < 1.29 is 14.6 Å². The number of unbranched alkanes of at least 4 members (excludes halogenated alkanes) is 1. The Morgan fingerprint density at radius 2 is 1.83 bits per heavy atom. The van der Waals surface area contributed by atoms with Gasteiger partial charge in [-0.25, -0.2) is 9.98 Å². The molecule has 1 unspecified atom stereocenters. The number of hydrogen-bond acceptors (Lipinski definition) is 5. The predicted octanol–water partition coefficient (Wildman–Crippen LogP) is 5.32. The Balaban J connectivity index is 1.29. The van der Waals surface area contributed by atoms with E-state index in [1.807, 2.05) is 30.3 Å². The second kappa shape index (κ2) is 11.9. The summed E-state index contributed by atoms with van der Waals surface area (Å²) >= 11 is 0. The number of aryl methyl sites for hydroxylation is 2. The van der Waals surface area contributed by atoms with E-state index in [0.29, 0.717) is 6.54 Å². The van der Waals surface area contributed by atoms with Crippen molar-refractivity contribution in [1.29, 1.82) is 0 Å². The summed E-state index contributed by atoms with van der Waals surface area (Å²) in [4.78, 5) is 34.3. The van der Waals surface area contributed by atoms with Crippen LogP contribution < -0.4 is 5.32 Å². The van der Waals surface area contributed by atoms with Gasteiger partial charge in [0, 0.05) is 13.0 Å². The molecule has 0 radical (unpaired) electrons. The topological polar surface area (TPSA) is 88.6 Å². The Morgan fingerprint density at radius 1 is 1.06 bits per heavy atom. The molecule has 1 aromatic heterocycles. The lowest BCUT2D eigenvalue weighted by atomic mass is 10.0. The Morgan fingerprint density at radius 3 is 2.60 bits per heavy atom. The normalized spacial score (nSPS) is 12.2. The van der Waals surface area contributed by atoms with Crippen molar-refractivity contribution in [2.45, 2.75) is 32.2 Å². The molecule has 35 heavy (non-hydrogen) atoms. The minimum atomic E-state index is -0.690. The average molecular weight is 471 g/mol. The van der Waals surface area contributed by atoms with Crippen LogP contribution in [0.15, 0.2) is 77.8 Å². The Labute approximate surface area is 205 Å². The van der Waals surface area contributed by atoms with Gasteiger partial charge in [-0.15, -0.1) is 0 Å². The van der Waals surface area contributed by atoms with Gasteiger partial charge in [0.2, 0.25) is 12.3 Å². The number of imidazole rings is 1. The number of benzene rings is 3. The van der Waals surface area contributed by atoms with Crippen LogP contribution in [-0.4, -0.2) is 35.9 Å². The molecule has 1 atom stereocenters. The standard InChI is InChI=1S/C28H30N4O3/c1-20-11-13-21(14-12-20)23-15-16-24-25(18-23)32-26(31-24)10-6-7-17-29-28(33)27(30-19-35-34-2)22-8-4-3-5-9-22/h3-5,8-9,11-16,18-19,27H,6-7,10,17H2,1-2H3,(H,29,33)(H,31,32). The third-order valence-corrected chi connectivity index (χ3v) is 5.77. The summed E-state index contributed by atoms with van der Waals surface area (Å²) in [5.74, 6) is 0.774.